The van der Waals surface area contributed by atoms with Gasteiger partial charge in [0.25, 0.3) is 0 Å². The number of hydrogen-bond acceptors (Lipinski definition) is 3. The standard InChI is InChI=1S/C13H15BrFNO3S/c1-9(17)7-11-3-2-6-16(11)20(18,19)13-5-4-10(14)8-12(13)15/h4-5,8,11H,2-3,6-7H2,1H3. The van der Waals surface area contributed by atoms with Gasteiger partial charge >= 0.3 is 0 Å². The van der Waals surface area contributed by atoms with Crippen molar-refractivity contribution < 1.29 is 17.6 Å². The third kappa shape index (κ3) is 3.10. The first kappa shape index (κ1) is 15.6. The fourth-order valence-corrected chi connectivity index (χ4v) is 4.55. The molecule has 1 aromatic rings. The van der Waals surface area contributed by atoms with Crippen molar-refractivity contribution in [2.45, 2.75) is 37.1 Å². The molecule has 1 atom stereocenters. The summed E-state index contributed by atoms with van der Waals surface area (Å²) < 4.78 is 40.7. The molecule has 1 saturated heterocycles. The number of benzene rings is 1. The van der Waals surface area contributed by atoms with Gasteiger partial charge in [0.2, 0.25) is 10.0 Å². The summed E-state index contributed by atoms with van der Waals surface area (Å²) >= 11 is 3.10. The largest absolute Gasteiger partial charge is 0.300 e. The van der Waals surface area contributed by atoms with E-state index in [1.807, 2.05) is 0 Å². The van der Waals surface area contributed by atoms with Crippen LogP contribution in [0.4, 0.5) is 4.39 Å². The number of hydrogen-bond donors (Lipinski definition) is 0. The molecule has 0 aliphatic carbocycles. The first-order chi connectivity index (χ1) is 9.32. The van der Waals surface area contributed by atoms with E-state index in [4.69, 9.17) is 0 Å². The summed E-state index contributed by atoms with van der Waals surface area (Å²) in [6, 6.07) is 3.51. The Kier molecular flexibility index (Phi) is 4.61. The zero-order chi connectivity index (χ0) is 14.9. The smallest absolute Gasteiger partial charge is 0.246 e. The van der Waals surface area contributed by atoms with Gasteiger partial charge < -0.3 is 0 Å². The highest BCUT2D eigenvalue weighted by Gasteiger charge is 2.37. The molecule has 0 N–H and O–H groups in total. The molecule has 7 heteroatoms. The van der Waals surface area contributed by atoms with Crippen LogP contribution in [0.5, 0.6) is 0 Å². The Labute approximate surface area is 126 Å². The highest BCUT2D eigenvalue weighted by atomic mass is 79.9. The number of ketones is 1. The molecule has 0 aromatic heterocycles. The lowest BCUT2D eigenvalue weighted by Gasteiger charge is -2.23. The summed E-state index contributed by atoms with van der Waals surface area (Å²) in [5.74, 6) is -0.846. The highest BCUT2D eigenvalue weighted by Crippen LogP contribution is 2.30. The van der Waals surface area contributed by atoms with Crippen LogP contribution in [0, 0.1) is 5.82 Å². The number of Topliss-reactive ketones (excluding diaryl/α,β-unsaturated/α-hetero) is 1. The first-order valence-electron chi connectivity index (χ1n) is 6.28. The summed E-state index contributed by atoms with van der Waals surface area (Å²) in [7, 11) is -3.90. The zero-order valence-corrected chi connectivity index (χ0v) is 13.4. The van der Waals surface area contributed by atoms with E-state index >= 15 is 0 Å². The lowest BCUT2D eigenvalue weighted by molar-refractivity contribution is -0.117. The minimum atomic E-state index is -3.90. The van der Waals surface area contributed by atoms with Crippen LogP contribution in [0.1, 0.15) is 26.2 Å². The van der Waals surface area contributed by atoms with Gasteiger partial charge in [-0.15, -0.1) is 0 Å². The lowest BCUT2D eigenvalue weighted by Crippen LogP contribution is -2.37. The first-order valence-corrected chi connectivity index (χ1v) is 8.52. The molecule has 110 valence electrons. The van der Waals surface area contributed by atoms with Gasteiger partial charge in [0.15, 0.2) is 0 Å². The minimum Gasteiger partial charge on any atom is -0.300 e. The number of sulfonamides is 1. The second kappa shape index (κ2) is 5.91. The fourth-order valence-electron chi connectivity index (χ4n) is 2.47. The third-order valence-electron chi connectivity index (χ3n) is 3.33. The van der Waals surface area contributed by atoms with Crippen LogP contribution < -0.4 is 0 Å². The quantitative estimate of drug-likeness (QED) is 0.826. The van der Waals surface area contributed by atoms with Gasteiger partial charge in [0.1, 0.15) is 16.5 Å². The highest BCUT2D eigenvalue weighted by molar-refractivity contribution is 9.10. The Hall–Kier alpha value is -0.790. The molecule has 20 heavy (non-hydrogen) atoms. The van der Waals surface area contributed by atoms with Gasteiger partial charge in [-0.25, -0.2) is 12.8 Å². The van der Waals surface area contributed by atoms with Gasteiger partial charge in [-0.2, -0.15) is 4.31 Å². The van der Waals surface area contributed by atoms with Crippen molar-refractivity contribution in [2.75, 3.05) is 6.54 Å². The van der Waals surface area contributed by atoms with Gasteiger partial charge in [-0.1, -0.05) is 15.9 Å². The third-order valence-corrected chi connectivity index (χ3v) is 5.81. The van der Waals surface area contributed by atoms with E-state index in [-0.39, 0.29) is 23.1 Å². The molecule has 4 nitrogen and oxygen atoms in total. The second-order valence-electron chi connectivity index (χ2n) is 4.89. The van der Waals surface area contributed by atoms with Gasteiger partial charge in [0, 0.05) is 23.5 Å². The Bertz CT molecular complexity index is 633. The van der Waals surface area contributed by atoms with Crippen molar-refractivity contribution in [3.05, 3.63) is 28.5 Å². The molecule has 1 unspecified atom stereocenters. The molecule has 1 fully saturated rings. The Morgan fingerprint density at radius 1 is 1.50 bits per heavy atom. The van der Waals surface area contributed by atoms with Crippen molar-refractivity contribution in [1.82, 2.24) is 4.31 Å². The van der Waals surface area contributed by atoms with Crippen LogP contribution >= 0.6 is 15.9 Å². The molecule has 2 rings (SSSR count). The molecular formula is C13H15BrFNO3S. The lowest BCUT2D eigenvalue weighted by atomic mass is 10.1. The van der Waals surface area contributed by atoms with E-state index in [1.165, 1.54) is 23.4 Å². The Morgan fingerprint density at radius 3 is 2.80 bits per heavy atom. The van der Waals surface area contributed by atoms with E-state index < -0.39 is 15.8 Å². The number of nitrogens with zero attached hydrogens (tertiary/aromatic N) is 1. The average molecular weight is 364 g/mol. The summed E-state index contributed by atoms with van der Waals surface area (Å²) in [5.41, 5.74) is 0. The zero-order valence-electron chi connectivity index (χ0n) is 11.0. The molecule has 1 heterocycles. The van der Waals surface area contributed by atoms with Crippen molar-refractivity contribution in [1.29, 1.82) is 0 Å². The number of carbonyl (C=O) groups is 1. The van der Waals surface area contributed by atoms with Crippen molar-refractivity contribution in [3.8, 4) is 0 Å². The predicted octanol–water partition coefficient (Wildman–Crippen LogP) is 2.72. The van der Waals surface area contributed by atoms with E-state index in [0.717, 1.165) is 6.07 Å². The summed E-state index contributed by atoms with van der Waals surface area (Å²) in [5, 5.41) is 0. The van der Waals surface area contributed by atoms with Crippen LogP contribution in [-0.4, -0.2) is 31.1 Å². The molecule has 0 amide bonds. The van der Waals surface area contributed by atoms with Crippen LogP contribution in [0.25, 0.3) is 0 Å². The monoisotopic (exact) mass is 363 g/mol. The van der Waals surface area contributed by atoms with Crippen molar-refractivity contribution in [2.24, 2.45) is 0 Å². The maximum absolute atomic E-state index is 13.9. The normalized spacial score (nSPS) is 20.2. The minimum absolute atomic E-state index is 0.0617. The molecule has 1 aliphatic rings. The Balaban J connectivity index is 2.36. The van der Waals surface area contributed by atoms with E-state index in [1.54, 1.807) is 0 Å². The summed E-state index contributed by atoms with van der Waals surface area (Å²) in [4.78, 5) is 10.9. The number of rotatable bonds is 4. The molecule has 1 aliphatic heterocycles. The fraction of sp³-hybridized carbons (Fsp3) is 0.462. The predicted molar refractivity (Wildman–Crippen MR) is 76.3 cm³/mol. The molecule has 0 saturated carbocycles. The summed E-state index contributed by atoms with van der Waals surface area (Å²) in [6.07, 6.45) is 1.50. The molecule has 1 aromatic carbocycles. The van der Waals surface area contributed by atoms with E-state index in [9.17, 15) is 17.6 Å². The molecule has 0 radical (unpaired) electrons. The average Bonchev–Trinajstić information content (AvgIpc) is 2.76. The van der Waals surface area contributed by atoms with Gasteiger partial charge in [-0.05, 0) is 38.0 Å². The SMILES string of the molecule is CC(=O)CC1CCCN1S(=O)(=O)c1ccc(Br)cc1F. The molecule has 0 spiro atoms. The van der Waals surface area contributed by atoms with E-state index in [0.29, 0.717) is 23.9 Å². The van der Waals surface area contributed by atoms with Crippen LogP contribution in [0.2, 0.25) is 0 Å². The Morgan fingerprint density at radius 2 is 2.20 bits per heavy atom. The number of halogens is 2. The maximum Gasteiger partial charge on any atom is 0.246 e. The van der Waals surface area contributed by atoms with Gasteiger partial charge in [-0.3, -0.25) is 4.79 Å². The van der Waals surface area contributed by atoms with Crippen LogP contribution in [0.3, 0.4) is 0 Å². The number of carbonyl (C=O) groups excluding carboxylic acids is 1. The maximum atomic E-state index is 13.9. The van der Waals surface area contributed by atoms with Crippen molar-refractivity contribution >= 4 is 31.7 Å². The van der Waals surface area contributed by atoms with E-state index in [2.05, 4.69) is 15.9 Å². The van der Waals surface area contributed by atoms with Gasteiger partial charge in [0.05, 0.1) is 0 Å². The second-order valence-corrected chi connectivity index (χ2v) is 7.67. The van der Waals surface area contributed by atoms with Crippen LogP contribution in [0.15, 0.2) is 27.6 Å². The molecular weight excluding hydrogens is 349 g/mol. The van der Waals surface area contributed by atoms with Crippen molar-refractivity contribution in [3.63, 3.8) is 0 Å². The summed E-state index contributed by atoms with van der Waals surface area (Å²) in [6.45, 7) is 1.76. The topological polar surface area (TPSA) is 54.5 Å². The van der Waals surface area contributed by atoms with Crippen LogP contribution in [-0.2, 0) is 14.8 Å². The molecule has 0 bridgehead atoms.